The minimum absolute atomic E-state index is 0.0242. The number of carbonyl (C=O) groups is 2. The van der Waals surface area contributed by atoms with Crippen molar-refractivity contribution in [1.82, 2.24) is 9.80 Å². The van der Waals surface area contributed by atoms with Crippen LogP contribution < -0.4 is 4.90 Å². The number of hydrogen-bond acceptors (Lipinski definition) is 4. The second-order valence-corrected chi connectivity index (χ2v) is 6.63. The van der Waals surface area contributed by atoms with E-state index in [4.69, 9.17) is 5.11 Å². The second-order valence-electron chi connectivity index (χ2n) is 6.63. The summed E-state index contributed by atoms with van der Waals surface area (Å²) >= 11 is 0. The van der Waals surface area contributed by atoms with Gasteiger partial charge >= 0.3 is 0 Å². The van der Waals surface area contributed by atoms with Crippen LogP contribution in [0.1, 0.15) is 12.0 Å². The molecule has 0 aromatic heterocycles. The van der Waals surface area contributed by atoms with E-state index < -0.39 is 0 Å². The Kier molecular flexibility index (Phi) is 5.16. The number of aryl methyl sites for hydroxylation is 1. The molecule has 2 heterocycles. The van der Waals surface area contributed by atoms with E-state index >= 15 is 0 Å². The van der Waals surface area contributed by atoms with Gasteiger partial charge in [-0.25, -0.2) is 0 Å². The summed E-state index contributed by atoms with van der Waals surface area (Å²) in [5.41, 5.74) is 2.02. The van der Waals surface area contributed by atoms with Crippen molar-refractivity contribution in [3.63, 3.8) is 0 Å². The summed E-state index contributed by atoms with van der Waals surface area (Å²) < 4.78 is 0. The van der Waals surface area contributed by atoms with E-state index in [9.17, 15) is 9.59 Å². The molecule has 0 aliphatic carbocycles. The SMILES string of the molecule is Cc1ccc(N2CC(C(=O)N3CCN(CCO)CC3)CC2=O)cc1. The molecule has 1 N–H and O–H groups in total. The summed E-state index contributed by atoms with van der Waals surface area (Å²) in [4.78, 5) is 30.8. The average Bonchev–Trinajstić information content (AvgIpc) is 2.98. The summed E-state index contributed by atoms with van der Waals surface area (Å²) in [6, 6.07) is 7.85. The number of hydrogen-bond donors (Lipinski definition) is 1. The molecule has 0 saturated carbocycles. The van der Waals surface area contributed by atoms with Crippen LogP contribution in [0.4, 0.5) is 5.69 Å². The molecule has 2 aliphatic rings. The number of amides is 2. The molecule has 1 aromatic carbocycles. The molecule has 2 aliphatic heterocycles. The Labute approximate surface area is 142 Å². The van der Waals surface area contributed by atoms with E-state index in [0.29, 0.717) is 32.6 Å². The molecule has 2 amide bonds. The van der Waals surface area contributed by atoms with Crippen LogP contribution >= 0.6 is 0 Å². The minimum atomic E-state index is -0.247. The Morgan fingerprint density at radius 3 is 2.46 bits per heavy atom. The zero-order chi connectivity index (χ0) is 17.1. The fourth-order valence-corrected chi connectivity index (χ4v) is 3.44. The smallest absolute Gasteiger partial charge is 0.228 e. The number of β-amino-alcohol motifs (C(OH)–C–C–N with tert-alkyl or cyclic N) is 1. The van der Waals surface area contributed by atoms with E-state index in [0.717, 1.165) is 24.3 Å². The first-order chi connectivity index (χ1) is 11.6. The second kappa shape index (κ2) is 7.32. The predicted molar refractivity (Wildman–Crippen MR) is 91.7 cm³/mol. The van der Waals surface area contributed by atoms with Gasteiger partial charge in [-0.3, -0.25) is 14.5 Å². The van der Waals surface area contributed by atoms with Crippen molar-refractivity contribution in [1.29, 1.82) is 0 Å². The lowest BCUT2D eigenvalue weighted by Gasteiger charge is -2.35. The Morgan fingerprint density at radius 1 is 1.17 bits per heavy atom. The van der Waals surface area contributed by atoms with Gasteiger partial charge in [-0.1, -0.05) is 17.7 Å². The van der Waals surface area contributed by atoms with Crippen molar-refractivity contribution in [3.05, 3.63) is 29.8 Å². The van der Waals surface area contributed by atoms with Crippen LogP contribution in [0, 0.1) is 12.8 Å². The largest absolute Gasteiger partial charge is 0.395 e. The number of anilines is 1. The first-order valence-corrected chi connectivity index (χ1v) is 8.57. The van der Waals surface area contributed by atoms with Crippen LogP contribution in [0.2, 0.25) is 0 Å². The van der Waals surface area contributed by atoms with Gasteiger partial charge in [0, 0.05) is 51.4 Å². The molecule has 0 bridgehead atoms. The van der Waals surface area contributed by atoms with Crippen molar-refractivity contribution >= 4 is 17.5 Å². The minimum Gasteiger partial charge on any atom is -0.395 e. The molecule has 2 saturated heterocycles. The van der Waals surface area contributed by atoms with E-state index in [1.807, 2.05) is 36.1 Å². The molecule has 24 heavy (non-hydrogen) atoms. The quantitative estimate of drug-likeness (QED) is 0.872. The van der Waals surface area contributed by atoms with Crippen LogP contribution in [0.5, 0.6) is 0 Å². The van der Waals surface area contributed by atoms with Crippen LogP contribution in [0.15, 0.2) is 24.3 Å². The summed E-state index contributed by atoms with van der Waals surface area (Å²) in [7, 11) is 0. The number of benzene rings is 1. The number of aliphatic hydroxyl groups excluding tert-OH is 1. The summed E-state index contributed by atoms with van der Waals surface area (Å²) in [5.74, 6) is -0.138. The zero-order valence-electron chi connectivity index (χ0n) is 14.1. The lowest BCUT2D eigenvalue weighted by atomic mass is 10.1. The maximum absolute atomic E-state index is 12.7. The van der Waals surface area contributed by atoms with Crippen molar-refractivity contribution in [2.75, 3.05) is 50.8 Å². The monoisotopic (exact) mass is 331 g/mol. The van der Waals surface area contributed by atoms with E-state index in [-0.39, 0.29) is 24.3 Å². The highest BCUT2D eigenvalue weighted by Gasteiger charge is 2.37. The maximum Gasteiger partial charge on any atom is 0.228 e. The van der Waals surface area contributed by atoms with Crippen molar-refractivity contribution in [2.45, 2.75) is 13.3 Å². The third-order valence-corrected chi connectivity index (χ3v) is 4.92. The van der Waals surface area contributed by atoms with Gasteiger partial charge < -0.3 is 14.9 Å². The standard InChI is InChI=1S/C18H25N3O3/c1-14-2-4-16(5-3-14)21-13-15(12-17(21)23)18(24)20-8-6-19(7-9-20)10-11-22/h2-5,15,22H,6-13H2,1H3. The third kappa shape index (κ3) is 3.60. The summed E-state index contributed by atoms with van der Waals surface area (Å²) in [6.07, 6.45) is 0.295. The Bertz CT molecular complexity index is 594. The fraction of sp³-hybridized carbons (Fsp3) is 0.556. The summed E-state index contributed by atoms with van der Waals surface area (Å²) in [5, 5.41) is 8.98. The van der Waals surface area contributed by atoms with Crippen LogP contribution in [-0.2, 0) is 9.59 Å². The molecule has 2 fully saturated rings. The van der Waals surface area contributed by atoms with E-state index in [1.54, 1.807) is 4.90 Å². The fourth-order valence-electron chi connectivity index (χ4n) is 3.44. The highest BCUT2D eigenvalue weighted by atomic mass is 16.3. The van der Waals surface area contributed by atoms with Crippen LogP contribution in [-0.4, -0.2) is 72.6 Å². The molecule has 0 radical (unpaired) electrons. The number of aliphatic hydroxyl groups is 1. The molecule has 1 atom stereocenters. The number of nitrogens with zero attached hydrogens (tertiary/aromatic N) is 3. The molecular weight excluding hydrogens is 306 g/mol. The Balaban J connectivity index is 1.59. The Morgan fingerprint density at radius 2 is 1.83 bits per heavy atom. The molecule has 1 unspecified atom stereocenters. The highest BCUT2D eigenvalue weighted by molar-refractivity contribution is 6.00. The third-order valence-electron chi connectivity index (χ3n) is 4.92. The van der Waals surface area contributed by atoms with Gasteiger partial charge in [0.2, 0.25) is 11.8 Å². The number of carbonyl (C=O) groups excluding carboxylic acids is 2. The van der Waals surface area contributed by atoms with Gasteiger partial charge in [0.05, 0.1) is 12.5 Å². The molecule has 0 spiro atoms. The van der Waals surface area contributed by atoms with Gasteiger partial charge in [0.25, 0.3) is 0 Å². The zero-order valence-corrected chi connectivity index (χ0v) is 14.1. The number of piperazine rings is 1. The summed E-state index contributed by atoms with van der Waals surface area (Å²) in [6.45, 7) is 6.21. The molecule has 6 nitrogen and oxygen atoms in total. The molecule has 1 aromatic rings. The van der Waals surface area contributed by atoms with Crippen molar-refractivity contribution < 1.29 is 14.7 Å². The van der Waals surface area contributed by atoms with Gasteiger partial charge in [0.15, 0.2) is 0 Å². The lowest BCUT2D eigenvalue weighted by Crippen LogP contribution is -2.51. The molecular formula is C18H25N3O3. The topological polar surface area (TPSA) is 64.1 Å². The molecule has 130 valence electrons. The number of rotatable bonds is 4. The molecule has 3 rings (SSSR count). The highest BCUT2D eigenvalue weighted by Crippen LogP contribution is 2.26. The average molecular weight is 331 g/mol. The van der Waals surface area contributed by atoms with Gasteiger partial charge in [0.1, 0.15) is 0 Å². The van der Waals surface area contributed by atoms with E-state index in [1.165, 1.54) is 0 Å². The van der Waals surface area contributed by atoms with Gasteiger partial charge in [-0.05, 0) is 19.1 Å². The maximum atomic E-state index is 12.7. The van der Waals surface area contributed by atoms with Crippen molar-refractivity contribution in [2.24, 2.45) is 5.92 Å². The predicted octanol–water partition coefficient (Wildman–Crippen LogP) is 0.484. The first-order valence-electron chi connectivity index (χ1n) is 8.57. The normalized spacial score (nSPS) is 22.2. The van der Waals surface area contributed by atoms with Gasteiger partial charge in [-0.15, -0.1) is 0 Å². The molecule has 6 heteroatoms. The van der Waals surface area contributed by atoms with Crippen molar-refractivity contribution in [3.8, 4) is 0 Å². The van der Waals surface area contributed by atoms with E-state index in [2.05, 4.69) is 4.90 Å². The first kappa shape index (κ1) is 16.9. The van der Waals surface area contributed by atoms with Crippen LogP contribution in [0.3, 0.4) is 0 Å². The van der Waals surface area contributed by atoms with Gasteiger partial charge in [-0.2, -0.15) is 0 Å². The lowest BCUT2D eigenvalue weighted by molar-refractivity contribution is -0.137. The Hall–Kier alpha value is -1.92. The van der Waals surface area contributed by atoms with Crippen LogP contribution in [0.25, 0.3) is 0 Å².